The average molecular weight is 491 g/mol. The molecule has 0 radical (unpaired) electrons. The van der Waals surface area contributed by atoms with Gasteiger partial charge in [-0.3, -0.25) is 19.6 Å². The molecule has 2 aliphatic rings. The fourth-order valence-electron chi connectivity index (χ4n) is 4.72. The molecule has 5 rings (SSSR count). The van der Waals surface area contributed by atoms with Gasteiger partial charge in [-0.2, -0.15) is 0 Å². The minimum Gasteiger partial charge on any atom is -0.493 e. The number of pyridine rings is 2. The van der Waals surface area contributed by atoms with Crippen molar-refractivity contribution in [3.8, 4) is 22.8 Å². The summed E-state index contributed by atoms with van der Waals surface area (Å²) >= 11 is 0. The van der Waals surface area contributed by atoms with E-state index in [0.717, 1.165) is 22.1 Å². The van der Waals surface area contributed by atoms with E-state index in [1.54, 1.807) is 18.6 Å². The van der Waals surface area contributed by atoms with Gasteiger partial charge in [0.1, 0.15) is 5.69 Å². The van der Waals surface area contributed by atoms with Crippen LogP contribution in [0.15, 0.2) is 49.4 Å². The Bertz CT molecular complexity index is 1390. The number of ether oxygens (including phenoxy) is 2. The molecule has 36 heavy (non-hydrogen) atoms. The summed E-state index contributed by atoms with van der Waals surface area (Å²) in [5, 5.41) is 0. The Morgan fingerprint density at radius 3 is 2.42 bits per heavy atom. The van der Waals surface area contributed by atoms with Crippen molar-refractivity contribution in [2.75, 3.05) is 19.1 Å². The molecule has 0 unspecified atom stereocenters. The number of nitrogens with zero attached hydrogens (tertiary/aromatic N) is 3. The van der Waals surface area contributed by atoms with Crippen molar-refractivity contribution in [3.05, 3.63) is 77.8 Å². The van der Waals surface area contributed by atoms with Crippen molar-refractivity contribution in [2.24, 2.45) is 0 Å². The quantitative estimate of drug-likeness (QED) is 0.458. The molecule has 1 saturated carbocycles. The number of ketones is 1. The Morgan fingerprint density at radius 2 is 1.81 bits per heavy atom. The molecule has 9 heteroatoms. The van der Waals surface area contributed by atoms with Crippen LogP contribution in [0, 0.1) is 11.6 Å². The highest BCUT2D eigenvalue weighted by molar-refractivity contribution is 6.05. The van der Waals surface area contributed by atoms with E-state index in [4.69, 9.17) is 9.47 Å². The van der Waals surface area contributed by atoms with Crippen molar-refractivity contribution in [3.63, 3.8) is 0 Å². The first kappa shape index (κ1) is 23.6. The molecule has 0 atom stereocenters. The van der Waals surface area contributed by atoms with Crippen LogP contribution in [0.4, 0.5) is 14.5 Å². The second-order valence-corrected chi connectivity index (χ2v) is 8.89. The number of halogens is 2. The number of anilines is 1. The lowest BCUT2D eigenvalue weighted by molar-refractivity contribution is -0.121. The maximum absolute atomic E-state index is 15.2. The maximum atomic E-state index is 15.2. The number of rotatable bonds is 7. The molecule has 1 aromatic carbocycles. The van der Waals surface area contributed by atoms with Crippen LogP contribution >= 0.6 is 0 Å². The van der Waals surface area contributed by atoms with Gasteiger partial charge in [-0.1, -0.05) is 6.58 Å². The molecule has 1 aliphatic carbocycles. The molecule has 2 aromatic heterocycles. The van der Waals surface area contributed by atoms with Gasteiger partial charge in [0.2, 0.25) is 5.91 Å². The van der Waals surface area contributed by atoms with E-state index in [-0.39, 0.29) is 36.2 Å². The first-order valence-electron chi connectivity index (χ1n) is 11.3. The summed E-state index contributed by atoms with van der Waals surface area (Å²) in [5.41, 5.74) is 2.12. The van der Waals surface area contributed by atoms with Gasteiger partial charge >= 0.3 is 0 Å². The smallest absolute Gasteiger partial charge is 0.238 e. The van der Waals surface area contributed by atoms with Crippen molar-refractivity contribution in [1.82, 2.24) is 9.97 Å². The number of methoxy groups -OCH3 is 2. The number of allylic oxidation sites excluding steroid dienone is 1. The average Bonchev–Trinajstić information content (AvgIpc) is 3.69. The van der Waals surface area contributed by atoms with Crippen LogP contribution in [-0.2, 0) is 28.0 Å². The zero-order chi connectivity index (χ0) is 25.6. The van der Waals surface area contributed by atoms with Gasteiger partial charge < -0.3 is 14.4 Å². The summed E-state index contributed by atoms with van der Waals surface area (Å²) < 4.78 is 40.6. The third-order valence-corrected chi connectivity index (χ3v) is 6.75. The third-order valence-electron chi connectivity index (χ3n) is 6.75. The molecule has 184 valence electrons. The van der Waals surface area contributed by atoms with Crippen LogP contribution in [0.25, 0.3) is 11.3 Å². The normalized spacial score (nSPS) is 15.4. The largest absolute Gasteiger partial charge is 0.493 e. The molecular formula is C27H23F2N3O4. The van der Waals surface area contributed by atoms with Crippen molar-refractivity contribution in [2.45, 2.75) is 31.2 Å². The van der Waals surface area contributed by atoms with Crippen LogP contribution < -0.4 is 14.4 Å². The summed E-state index contributed by atoms with van der Waals surface area (Å²) in [4.78, 5) is 35.3. The first-order chi connectivity index (χ1) is 17.3. The van der Waals surface area contributed by atoms with Crippen LogP contribution in [0.5, 0.6) is 11.5 Å². The minimum absolute atomic E-state index is 0.0561. The van der Waals surface area contributed by atoms with Gasteiger partial charge in [-0.05, 0) is 47.7 Å². The fourth-order valence-corrected chi connectivity index (χ4v) is 4.72. The van der Waals surface area contributed by atoms with Gasteiger partial charge in [-0.25, -0.2) is 8.78 Å². The van der Waals surface area contributed by atoms with E-state index in [9.17, 15) is 9.59 Å². The summed E-state index contributed by atoms with van der Waals surface area (Å²) in [6.45, 7) is 3.44. The summed E-state index contributed by atoms with van der Waals surface area (Å²) in [6.07, 6.45) is 7.41. The number of hydrogen-bond donors (Lipinski definition) is 0. The molecule has 1 spiro atoms. The highest BCUT2D eigenvalue weighted by Gasteiger charge is 2.57. The van der Waals surface area contributed by atoms with Crippen LogP contribution in [0.3, 0.4) is 0 Å². The number of carbonyl (C=O) groups is 2. The molecule has 3 heterocycles. The number of carbonyl (C=O) groups excluding carboxylic acids is 2. The topological polar surface area (TPSA) is 81.6 Å². The molecule has 0 N–H and O–H groups in total. The second kappa shape index (κ2) is 8.82. The number of amides is 1. The monoisotopic (exact) mass is 491 g/mol. The van der Waals surface area contributed by atoms with E-state index in [0.29, 0.717) is 29.7 Å². The second-order valence-electron chi connectivity index (χ2n) is 8.89. The molecule has 7 nitrogen and oxygen atoms in total. The number of aromatic nitrogens is 2. The van der Waals surface area contributed by atoms with E-state index < -0.39 is 22.7 Å². The molecule has 0 bridgehead atoms. The number of hydrogen-bond acceptors (Lipinski definition) is 6. The Balaban J connectivity index is 1.56. The summed E-state index contributed by atoms with van der Waals surface area (Å²) in [5.74, 6) is -2.88. The predicted molar refractivity (Wildman–Crippen MR) is 128 cm³/mol. The van der Waals surface area contributed by atoms with E-state index >= 15 is 8.78 Å². The highest BCUT2D eigenvalue weighted by atomic mass is 19.1. The number of fused-ring (bicyclic) bond motifs is 2. The van der Waals surface area contributed by atoms with Gasteiger partial charge in [0.05, 0.1) is 31.9 Å². The van der Waals surface area contributed by atoms with Gasteiger partial charge in [0, 0.05) is 36.6 Å². The summed E-state index contributed by atoms with van der Waals surface area (Å²) in [7, 11) is 2.52. The predicted octanol–water partition coefficient (Wildman–Crippen LogP) is 4.32. The molecule has 1 fully saturated rings. The molecule has 1 aliphatic heterocycles. The third kappa shape index (κ3) is 3.71. The van der Waals surface area contributed by atoms with Crippen molar-refractivity contribution < 1.29 is 27.8 Å². The van der Waals surface area contributed by atoms with Crippen molar-refractivity contribution in [1.29, 1.82) is 0 Å². The molecule has 1 amide bonds. The van der Waals surface area contributed by atoms with Crippen LogP contribution in [-0.4, -0.2) is 35.9 Å². The zero-order valence-electron chi connectivity index (χ0n) is 19.8. The highest BCUT2D eigenvalue weighted by Crippen LogP contribution is 2.55. The number of benzene rings is 1. The Hall–Kier alpha value is -4.14. The van der Waals surface area contributed by atoms with Crippen molar-refractivity contribution >= 4 is 17.4 Å². The lowest BCUT2D eigenvalue weighted by atomic mass is 9.85. The molecular weight excluding hydrogens is 468 g/mol. The molecule has 0 saturated heterocycles. The van der Waals surface area contributed by atoms with E-state index in [1.165, 1.54) is 20.3 Å². The van der Waals surface area contributed by atoms with Gasteiger partial charge in [0.25, 0.3) is 0 Å². The van der Waals surface area contributed by atoms with E-state index in [2.05, 4.69) is 16.5 Å². The lowest BCUT2D eigenvalue weighted by Crippen LogP contribution is -2.45. The minimum atomic E-state index is -0.968. The molecule has 3 aromatic rings. The van der Waals surface area contributed by atoms with Gasteiger partial charge in [-0.15, -0.1) is 0 Å². The van der Waals surface area contributed by atoms with Gasteiger partial charge in [0.15, 0.2) is 28.9 Å². The standard InChI is InChI=1S/C27H23F2N3O4/c1-4-18(33)8-15-7-16(12-30-11-15)20-9-19-17(13-31-20)14-32(26(34)27(19)5-6-27)25-23(28)21(35-2)10-22(36-3)24(25)29/h4,7,9-13H,1,5-6,8,14H2,2-3H3. The SMILES string of the molecule is C=CC(=O)Cc1cncc(-c2cc3c(cn2)CN(c2c(F)c(OC)cc(OC)c2F)C(=O)C32CC2)c1. The van der Waals surface area contributed by atoms with Crippen LogP contribution in [0.2, 0.25) is 0 Å². The van der Waals surface area contributed by atoms with E-state index in [1.807, 2.05) is 12.1 Å². The first-order valence-corrected chi connectivity index (χ1v) is 11.3. The maximum Gasteiger partial charge on any atom is 0.238 e. The lowest BCUT2D eigenvalue weighted by Gasteiger charge is -2.35. The Morgan fingerprint density at radius 1 is 1.11 bits per heavy atom. The van der Waals surface area contributed by atoms with Crippen LogP contribution in [0.1, 0.15) is 29.5 Å². The summed E-state index contributed by atoms with van der Waals surface area (Å²) in [6, 6.07) is 4.78. The Kier molecular flexibility index (Phi) is 5.78. The fraction of sp³-hybridized carbons (Fsp3) is 0.259. The Labute approximate surface area is 206 Å². The zero-order valence-corrected chi connectivity index (χ0v) is 19.8.